The first-order valence-corrected chi connectivity index (χ1v) is 15.2. The number of hydrogen-bond donors (Lipinski definition) is 1. The molecular weight excluding hydrogens is 578 g/mol. The van der Waals surface area contributed by atoms with E-state index in [1.807, 2.05) is 17.0 Å². The van der Waals surface area contributed by atoms with Crippen LogP contribution in [0.25, 0.3) is 0 Å². The molecule has 0 saturated carbocycles. The summed E-state index contributed by atoms with van der Waals surface area (Å²) in [5, 5.41) is 21.1. The molecule has 1 heterocycles. The Kier molecular flexibility index (Phi) is 10.3. The highest BCUT2D eigenvalue weighted by Crippen LogP contribution is 2.30. The fourth-order valence-electron chi connectivity index (χ4n) is 4.88. The van der Waals surface area contributed by atoms with Crippen LogP contribution in [0.5, 0.6) is 5.75 Å². The summed E-state index contributed by atoms with van der Waals surface area (Å²) < 4.78 is 60.6. The minimum atomic E-state index is -3.38. The van der Waals surface area contributed by atoms with Crippen molar-refractivity contribution in [2.75, 3.05) is 23.8 Å². The topological polar surface area (TPSA) is 133 Å². The van der Waals surface area contributed by atoms with Gasteiger partial charge in [-0.3, -0.25) is 4.79 Å². The fourth-order valence-corrected chi connectivity index (χ4v) is 5.77. The second-order valence-corrected chi connectivity index (χ2v) is 12.2. The summed E-state index contributed by atoms with van der Waals surface area (Å²) >= 11 is 0. The van der Waals surface area contributed by atoms with E-state index in [1.165, 1.54) is 12.1 Å². The van der Waals surface area contributed by atoms with Crippen LogP contribution in [0.15, 0.2) is 77.7 Å². The van der Waals surface area contributed by atoms with E-state index in [9.17, 15) is 27.3 Å². The normalized spacial score (nSPS) is 17.2. The molecule has 1 saturated heterocycles. The summed E-state index contributed by atoms with van der Waals surface area (Å²) in [4.78, 5) is 15.1. The number of sulfone groups is 1. The van der Waals surface area contributed by atoms with Gasteiger partial charge in [-0.15, -0.1) is 0 Å². The number of benzene rings is 3. The first kappa shape index (κ1) is 31.4. The molecule has 0 bridgehead atoms. The van der Waals surface area contributed by atoms with Crippen LogP contribution in [0.1, 0.15) is 47.3 Å². The van der Waals surface area contributed by atoms with Gasteiger partial charge < -0.3 is 19.7 Å². The van der Waals surface area contributed by atoms with Crippen LogP contribution < -0.4 is 15.0 Å². The van der Waals surface area contributed by atoms with Crippen molar-refractivity contribution in [2.45, 2.75) is 49.5 Å². The Labute approximate surface area is 249 Å². The molecule has 1 aliphatic heterocycles. The van der Waals surface area contributed by atoms with Gasteiger partial charge in [-0.25, -0.2) is 8.42 Å². The molecule has 0 aliphatic carbocycles. The zero-order valence-electron chi connectivity index (χ0n) is 23.3. The number of halogens is 2. The Morgan fingerprint density at radius 2 is 1.72 bits per heavy atom. The van der Waals surface area contributed by atoms with Crippen LogP contribution >= 0.6 is 0 Å². The maximum Gasteiger partial charge on any atom is 0.345 e. The van der Waals surface area contributed by atoms with Gasteiger partial charge >= 0.3 is 6.61 Å². The molecule has 1 N–H and O–H groups in total. The van der Waals surface area contributed by atoms with Gasteiger partial charge in [0.15, 0.2) is 9.84 Å². The van der Waals surface area contributed by atoms with Gasteiger partial charge in [-0.1, -0.05) is 19.1 Å². The molecule has 0 radical (unpaired) electrons. The lowest BCUT2D eigenvalue weighted by molar-refractivity contribution is -0.131. The van der Waals surface area contributed by atoms with Gasteiger partial charge in [-0.05, 0) is 66.2 Å². The van der Waals surface area contributed by atoms with Crippen LogP contribution in [0.3, 0.4) is 0 Å². The van der Waals surface area contributed by atoms with E-state index in [2.05, 4.69) is 10.1 Å². The summed E-state index contributed by atoms with van der Waals surface area (Å²) in [7, 11) is -3.38. The Hall–Kier alpha value is -4.52. The number of carbonyl (C=O) groups excluding carboxylic acids is 1. The molecule has 3 aromatic rings. The van der Waals surface area contributed by atoms with E-state index in [4.69, 9.17) is 10.00 Å². The molecule has 9 nitrogen and oxygen atoms in total. The summed E-state index contributed by atoms with van der Waals surface area (Å²) in [5.41, 5.74) is 2.09. The Bertz CT molecular complexity index is 1590. The highest BCUT2D eigenvalue weighted by Gasteiger charge is 2.34. The van der Waals surface area contributed by atoms with Crippen LogP contribution in [-0.4, -0.2) is 52.0 Å². The lowest BCUT2D eigenvalue weighted by atomic mass is 10.0. The van der Waals surface area contributed by atoms with Crippen LogP contribution in [0.4, 0.5) is 14.5 Å². The average molecular weight is 609 g/mol. The van der Waals surface area contributed by atoms with Crippen LogP contribution in [0.2, 0.25) is 0 Å². The minimum Gasteiger partial charge on any atom is -0.489 e. The molecule has 3 atom stereocenters. The van der Waals surface area contributed by atoms with Crippen LogP contribution in [-0.2, 0) is 14.6 Å². The number of anilines is 1. The van der Waals surface area contributed by atoms with Gasteiger partial charge in [0.1, 0.15) is 11.9 Å². The predicted molar refractivity (Wildman–Crippen MR) is 154 cm³/mol. The van der Waals surface area contributed by atoms with Gasteiger partial charge in [-0.2, -0.15) is 19.3 Å². The third kappa shape index (κ3) is 8.07. The van der Waals surface area contributed by atoms with E-state index in [-0.39, 0.29) is 29.8 Å². The number of ether oxygens (including phenoxy) is 2. The molecule has 0 spiro atoms. The first-order valence-electron chi connectivity index (χ1n) is 13.6. The molecule has 43 heavy (non-hydrogen) atoms. The van der Waals surface area contributed by atoms with Gasteiger partial charge in [0.05, 0.1) is 60.0 Å². The summed E-state index contributed by atoms with van der Waals surface area (Å²) in [5.74, 6) is 0.0844. The van der Waals surface area contributed by atoms with Crippen molar-refractivity contribution in [3.63, 3.8) is 0 Å². The number of carbonyl (C=O) groups is 1. The molecule has 4 rings (SSSR count). The second-order valence-electron chi connectivity index (χ2n) is 9.92. The van der Waals surface area contributed by atoms with Crippen molar-refractivity contribution >= 4 is 21.4 Å². The second kappa shape index (κ2) is 14.1. The van der Waals surface area contributed by atoms with E-state index >= 15 is 0 Å². The number of alkyl halides is 2. The van der Waals surface area contributed by atoms with Crippen molar-refractivity contribution in [3.8, 4) is 17.9 Å². The van der Waals surface area contributed by atoms with E-state index < -0.39 is 34.4 Å². The maximum atomic E-state index is 13.1. The quantitative estimate of drug-likeness (QED) is 0.304. The molecule has 12 heteroatoms. The van der Waals surface area contributed by atoms with Crippen LogP contribution in [0, 0.1) is 22.7 Å². The summed E-state index contributed by atoms with van der Waals surface area (Å²) in [6, 6.07) is 22.4. The van der Waals surface area contributed by atoms with Crippen molar-refractivity contribution in [1.29, 1.82) is 10.5 Å². The standard InChI is InChI=1S/C31H30F2N4O5S/c1-2-43(39,40)28-13-7-22(8-14-28)29(15-16-34)36-30(38)23-5-9-24(10-6-23)37-19-27(17-25(37)20-41-31(32)33)42-26-11-3-21(18-35)4-12-26/h3-14,25,27,29,31H,2,15,17,19-20H2,1H3,(H,36,38)/t25-,27-,29-/m0/s1. The number of amides is 1. The first-order chi connectivity index (χ1) is 20.6. The molecule has 0 aromatic heterocycles. The Balaban J connectivity index is 1.46. The van der Waals surface area contributed by atoms with E-state index in [0.29, 0.717) is 41.1 Å². The number of rotatable bonds is 12. The number of nitriles is 2. The Morgan fingerprint density at radius 3 is 2.30 bits per heavy atom. The third-order valence-corrected chi connectivity index (χ3v) is 8.91. The number of nitrogens with zero attached hydrogens (tertiary/aromatic N) is 3. The zero-order chi connectivity index (χ0) is 31.0. The molecule has 1 aliphatic rings. The highest BCUT2D eigenvalue weighted by molar-refractivity contribution is 7.91. The van der Waals surface area contributed by atoms with Crippen molar-refractivity contribution in [1.82, 2.24) is 5.32 Å². The average Bonchev–Trinajstić information content (AvgIpc) is 3.42. The van der Waals surface area contributed by atoms with Gasteiger partial charge in [0, 0.05) is 17.7 Å². The summed E-state index contributed by atoms with van der Waals surface area (Å²) in [6.07, 6.45) is 0.0696. The predicted octanol–water partition coefficient (Wildman–Crippen LogP) is 5.00. The Morgan fingerprint density at radius 1 is 1.05 bits per heavy atom. The zero-order valence-corrected chi connectivity index (χ0v) is 24.1. The lowest BCUT2D eigenvalue weighted by Gasteiger charge is -2.26. The van der Waals surface area contributed by atoms with Crippen molar-refractivity contribution in [3.05, 3.63) is 89.5 Å². The fraction of sp³-hybridized carbons (Fsp3) is 0.323. The van der Waals surface area contributed by atoms with E-state index in [1.54, 1.807) is 67.6 Å². The van der Waals surface area contributed by atoms with Crippen molar-refractivity contribution in [2.24, 2.45) is 0 Å². The molecule has 1 fully saturated rings. The number of hydrogen-bond acceptors (Lipinski definition) is 8. The van der Waals surface area contributed by atoms with Gasteiger partial charge in [0.2, 0.25) is 0 Å². The lowest BCUT2D eigenvalue weighted by Crippen LogP contribution is -2.34. The largest absolute Gasteiger partial charge is 0.489 e. The summed E-state index contributed by atoms with van der Waals surface area (Å²) in [6.45, 7) is -1.20. The molecule has 3 aromatic carbocycles. The molecular formula is C31H30F2N4O5S. The van der Waals surface area contributed by atoms with Gasteiger partial charge in [0.25, 0.3) is 5.91 Å². The monoisotopic (exact) mass is 608 g/mol. The number of nitrogens with one attached hydrogen (secondary N) is 1. The maximum absolute atomic E-state index is 13.1. The third-order valence-electron chi connectivity index (χ3n) is 7.16. The minimum absolute atomic E-state index is 0.0239. The smallest absolute Gasteiger partial charge is 0.345 e. The highest BCUT2D eigenvalue weighted by atomic mass is 32.2. The molecule has 224 valence electrons. The SMILES string of the molecule is CCS(=O)(=O)c1ccc([C@H](CC#N)NC(=O)c2ccc(N3C[C@@H](Oc4ccc(C#N)cc4)C[C@H]3COC(F)F)cc2)cc1. The molecule has 0 unspecified atom stereocenters. The van der Waals surface area contributed by atoms with Crippen molar-refractivity contribution < 1.29 is 31.5 Å². The molecule has 1 amide bonds. The van der Waals surface area contributed by atoms with E-state index in [0.717, 1.165) is 0 Å².